The Kier molecular flexibility index (Phi) is 5.29. The summed E-state index contributed by atoms with van der Waals surface area (Å²) in [5.74, 6) is -0.438. The molecule has 25 heavy (non-hydrogen) atoms. The Morgan fingerprint density at radius 3 is 2.48 bits per heavy atom. The van der Waals surface area contributed by atoms with Gasteiger partial charge in [-0.05, 0) is 48.1 Å². The van der Waals surface area contributed by atoms with Crippen LogP contribution in [0.5, 0.6) is 0 Å². The van der Waals surface area contributed by atoms with Crippen molar-refractivity contribution in [3.05, 3.63) is 77.4 Å². The Hall–Kier alpha value is -2.88. The molecule has 2 aromatic carbocycles. The first kappa shape index (κ1) is 17.0. The van der Waals surface area contributed by atoms with Gasteiger partial charge in [-0.1, -0.05) is 42.5 Å². The molecular formula is C21H21NO3. The van der Waals surface area contributed by atoms with Gasteiger partial charge in [-0.3, -0.25) is 4.79 Å². The Balaban J connectivity index is 1.53. The second-order valence-corrected chi connectivity index (χ2v) is 6.39. The lowest BCUT2D eigenvalue weighted by Crippen LogP contribution is -2.27. The van der Waals surface area contributed by atoms with Crippen LogP contribution in [0.4, 0.5) is 0 Å². The first-order valence-corrected chi connectivity index (χ1v) is 8.46. The zero-order chi connectivity index (χ0) is 17.6. The molecule has 0 aliphatic carbocycles. The van der Waals surface area contributed by atoms with Crippen LogP contribution in [-0.2, 0) is 11.2 Å². The number of hydrogen-bond donors (Lipinski definition) is 1. The predicted octanol–water partition coefficient (Wildman–Crippen LogP) is 3.49. The molecule has 1 aliphatic heterocycles. The average Bonchev–Trinajstić information content (AvgIpc) is 3.09. The summed E-state index contributed by atoms with van der Waals surface area (Å²) in [6.07, 6.45) is 5.33. The maximum atomic E-state index is 12.3. The van der Waals surface area contributed by atoms with Crippen molar-refractivity contribution in [3.63, 3.8) is 0 Å². The highest BCUT2D eigenvalue weighted by Crippen LogP contribution is 2.21. The third-order valence-corrected chi connectivity index (χ3v) is 4.54. The Morgan fingerprint density at radius 1 is 1.08 bits per heavy atom. The van der Waals surface area contributed by atoms with E-state index >= 15 is 0 Å². The maximum Gasteiger partial charge on any atom is 0.335 e. The molecule has 4 heteroatoms. The van der Waals surface area contributed by atoms with Gasteiger partial charge in [-0.2, -0.15) is 0 Å². The van der Waals surface area contributed by atoms with Crippen molar-refractivity contribution in [3.8, 4) is 0 Å². The number of carboxylic acids is 1. The van der Waals surface area contributed by atoms with Crippen LogP contribution in [-0.4, -0.2) is 35.0 Å². The number of carbonyl (C=O) groups excluding carboxylic acids is 1. The minimum absolute atomic E-state index is 0.0487. The number of rotatable bonds is 5. The van der Waals surface area contributed by atoms with Crippen molar-refractivity contribution in [2.24, 2.45) is 5.92 Å². The van der Waals surface area contributed by atoms with Gasteiger partial charge >= 0.3 is 5.97 Å². The van der Waals surface area contributed by atoms with Crippen LogP contribution in [0.25, 0.3) is 6.08 Å². The van der Waals surface area contributed by atoms with E-state index in [1.54, 1.807) is 18.2 Å². The molecule has 2 aromatic rings. The molecule has 1 atom stereocenters. The fraction of sp³-hybridized carbons (Fsp3) is 0.238. The number of carboxylic acid groups (broad SMARTS) is 1. The van der Waals surface area contributed by atoms with Crippen molar-refractivity contribution < 1.29 is 14.7 Å². The predicted molar refractivity (Wildman–Crippen MR) is 97.3 cm³/mol. The van der Waals surface area contributed by atoms with Crippen LogP contribution in [0.3, 0.4) is 0 Å². The first-order valence-electron chi connectivity index (χ1n) is 8.46. The molecule has 1 heterocycles. The van der Waals surface area contributed by atoms with E-state index in [-0.39, 0.29) is 5.91 Å². The summed E-state index contributed by atoms with van der Waals surface area (Å²) in [4.78, 5) is 25.1. The summed E-state index contributed by atoms with van der Waals surface area (Å²) >= 11 is 0. The van der Waals surface area contributed by atoms with E-state index in [4.69, 9.17) is 5.11 Å². The normalized spacial score (nSPS) is 17.1. The molecular weight excluding hydrogens is 314 g/mol. The lowest BCUT2D eigenvalue weighted by Gasteiger charge is -2.14. The van der Waals surface area contributed by atoms with Gasteiger partial charge in [0.25, 0.3) is 0 Å². The Morgan fingerprint density at radius 2 is 1.80 bits per heavy atom. The van der Waals surface area contributed by atoms with E-state index in [2.05, 4.69) is 0 Å². The summed E-state index contributed by atoms with van der Waals surface area (Å²) in [6, 6.07) is 16.8. The topological polar surface area (TPSA) is 57.6 Å². The van der Waals surface area contributed by atoms with Gasteiger partial charge < -0.3 is 10.0 Å². The van der Waals surface area contributed by atoms with E-state index in [1.165, 1.54) is 0 Å². The summed E-state index contributed by atoms with van der Waals surface area (Å²) in [6.45, 7) is 1.52. The molecule has 0 saturated carbocycles. The number of carbonyl (C=O) groups is 2. The lowest BCUT2D eigenvalue weighted by molar-refractivity contribution is -0.125. The summed E-state index contributed by atoms with van der Waals surface area (Å²) in [7, 11) is 0. The van der Waals surface area contributed by atoms with Crippen molar-refractivity contribution in [1.82, 2.24) is 4.90 Å². The van der Waals surface area contributed by atoms with Gasteiger partial charge in [0, 0.05) is 19.2 Å². The minimum atomic E-state index is -0.908. The molecule has 1 fully saturated rings. The molecule has 0 spiro atoms. The fourth-order valence-corrected chi connectivity index (χ4v) is 3.15. The number of aromatic carboxylic acids is 1. The largest absolute Gasteiger partial charge is 0.478 e. The molecule has 1 saturated heterocycles. The van der Waals surface area contributed by atoms with E-state index in [1.807, 2.05) is 53.4 Å². The lowest BCUT2D eigenvalue weighted by atomic mass is 9.98. The van der Waals surface area contributed by atoms with Gasteiger partial charge in [0.05, 0.1) is 5.56 Å². The van der Waals surface area contributed by atoms with Crippen molar-refractivity contribution in [2.45, 2.75) is 12.8 Å². The van der Waals surface area contributed by atoms with E-state index in [0.717, 1.165) is 37.1 Å². The molecule has 0 bridgehead atoms. The number of likely N-dealkylation sites (tertiary alicyclic amines) is 1. The van der Waals surface area contributed by atoms with Crippen LogP contribution >= 0.6 is 0 Å². The van der Waals surface area contributed by atoms with Gasteiger partial charge in [-0.15, -0.1) is 0 Å². The molecule has 0 aromatic heterocycles. The van der Waals surface area contributed by atoms with Gasteiger partial charge in [0.1, 0.15) is 0 Å². The summed E-state index contributed by atoms with van der Waals surface area (Å²) < 4.78 is 0. The first-order chi connectivity index (χ1) is 12.1. The highest BCUT2D eigenvalue weighted by molar-refractivity contribution is 5.92. The zero-order valence-corrected chi connectivity index (χ0v) is 14.0. The molecule has 1 unspecified atom stereocenters. The maximum absolute atomic E-state index is 12.3. The monoisotopic (exact) mass is 335 g/mol. The highest BCUT2D eigenvalue weighted by Gasteiger charge is 2.25. The van der Waals surface area contributed by atoms with E-state index in [9.17, 15) is 9.59 Å². The van der Waals surface area contributed by atoms with Crippen LogP contribution < -0.4 is 0 Å². The summed E-state index contributed by atoms with van der Waals surface area (Å²) in [5.41, 5.74) is 2.44. The molecule has 3 rings (SSSR count). The number of nitrogens with zero attached hydrogens (tertiary/aromatic N) is 1. The smallest absolute Gasteiger partial charge is 0.335 e. The van der Waals surface area contributed by atoms with Gasteiger partial charge in [0.2, 0.25) is 5.91 Å². The van der Waals surface area contributed by atoms with Crippen molar-refractivity contribution in [1.29, 1.82) is 0 Å². The molecule has 1 amide bonds. The number of amides is 1. The second-order valence-electron chi connectivity index (χ2n) is 6.39. The third-order valence-electron chi connectivity index (χ3n) is 4.54. The average molecular weight is 335 g/mol. The van der Waals surface area contributed by atoms with E-state index < -0.39 is 5.97 Å². The van der Waals surface area contributed by atoms with Crippen LogP contribution in [0, 0.1) is 5.92 Å². The third kappa shape index (κ3) is 4.57. The van der Waals surface area contributed by atoms with Crippen molar-refractivity contribution in [2.75, 3.05) is 13.1 Å². The summed E-state index contributed by atoms with van der Waals surface area (Å²) in [5, 5.41) is 8.94. The molecule has 4 nitrogen and oxygen atoms in total. The Bertz CT molecular complexity index is 765. The van der Waals surface area contributed by atoms with Gasteiger partial charge in [0.15, 0.2) is 0 Å². The Labute approximate surface area is 147 Å². The fourth-order valence-electron chi connectivity index (χ4n) is 3.15. The number of benzene rings is 2. The molecule has 1 N–H and O–H groups in total. The second kappa shape index (κ2) is 7.79. The highest BCUT2D eigenvalue weighted by atomic mass is 16.4. The molecule has 1 aliphatic rings. The standard InChI is InChI=1S/C21H21NO3/c23-20(11-8-16-4-2-1-3-5-16)22-13-12-18(15-22)14-17-6-9-19(10-7-17)21(24)25/h1-11,18H,12-15H2,(H,24,25). The molecule has 0 radical (unpaired) electrons. The SMILES string of the molecule is O=C(O)c1ccc(CC2CCN(C(=O)C=Cc3ccccc3)C2)cc1. The molecule has 128 valence electrons. The van der Waals surface area contributed by atoms with Crippen molar-refractivity contribution >= 4 is 18.0 Å². The minimum Gasteiger partial charge on any atom is -0.478 e. The quantitative estimate of drug-likeness (QED) is 0.851. The number of hydrogen-bond acceptors (Lipinski definition) is 2. The van der Waals surface area contributed by atoms with Gasteiger partial charge in [-0.25, -0.2) is 4.79 Å². The van der Waals surface area contributed by atoms with Crippen LogP contribution in [0.15, 0.2) is 60.7 Å². The van der Waals surface area contributed by atoms with E-state index in [0.29, 0.717) is 11.5 Å². The van der Waals surface area contributed by atoms with Crippen LogP contribution in [0.2, 0.25) is 0 Å². The zero-order valence-electron chi connectivity index (χ0n) is 14.0. The van der Waals surface area contributed by atoms with Crippen LogP contribution in [0.1, 0.15) is 27.9 Å².